The highest BCUT2D eigenvalue weighted by Gasteiger charge is 2.29. The van der Waals surface area contributed by atoms with Crippen molar-refractivity contribution >= 4 is 5.97 Å². The Hall–Kier alpha value is -1.32. The highest BCUT2D eigenvalue weighted by Crippen LogP contribution is 2.08. The van der Waals surface area contributed by atoms with E-state index in [1.807, 2.05) is 36.8 Å². The minimum absolute atomic E-state index is 0.380. The summed E-state index contributed by atoms with van der Waals surface area (Å²) in [5, 5.41) is 9.10. The lowest BCUT2D eigenvalue weighted by atomic mass is 10.3. The molecular weight excluding hydrogens is 180 g/mol. The zero-order valence-electron chi connectivity index (χ0n) is 9.16. The summed E-state index contributed by atoms with van der Waals surface area (Å²) >= 11 is 0. The molecule has 0 spiro atoms. The van der Waals surface area contributed by atoms with E-state index in [9.17, 15) is 4.79 Å². The third-order valence-corrected chi connectivity index (χ3v) is 2.67. The molecule has 0 aliphatic heterocycles. The second kappa shape index (κ2) is 3.82. The van der Waals surface area contributed by atoms with Crippen molar-refractivity contribution in [2.75, 3.05) is 0 Å². The van der Waals surface area contributed by atoms with Gasteiger partial charge < -0.3 is 5.11 Å². The van der Waals surface area contributed by atoms with E-state index in [1.54, 1.807) is 0 Å². The van der Waals surface area contributed by atoms with Crippen LogP contribution in [0.15, 0.2) is 0 Å². The van der Waals surface area contributed by atoms with Crippen LogP contribution in [0.25, 0.3) is 0 Å². The van der Waals surface area contributed by atoms with Gasteiger partial charge >= 0.3 is 11.8 Å². The molecule has 0 aromatic carbocycles. The van der Waals surface area contributed by atoms with Crippen molar-refractivity contribution in [2.24, 2.45) is 0 Å². The first-order valence-electron chi connectivity index (χ1n) is 4.87. The van der Waals surface area contributed by atoms with Gasteiger partial charge in [-0.05, 0) is 13.8 Å². The molecule has 0 aliphatic rings. The molecule has 4 nitrogen and oxygen atoms in total. The molecule has 1 rings (SSSR count). The first-order valence-corrected chi connectivity index (χ1v) is 4.87. The van der Waals surface area contributed by atoms with Crippen molar-refractivity contribution in [3.8, 4) is 0 Å². The number of nitrogens with zero attached hydrogens (tertiary/aromatic N) is 2. The molecule has 1 aromatic rings. The van der Waals surface area contributed by atoms with Crippen LogP contribution in [0.4, 0.5) is 0 Å². The van der Waals surface area contributed by atoms with E-state index in [-0.39, 0.29) is 0 Å². The minimum Gasteiger partial charge on any atom is -0.472 e. The van der Waals surface area contributed by atoms with Crippen molar-refractivity contribution in [1.82, 2.24) is 4.57 Å². The number of hydrogen-bond donors (Lipinski definition) is 1. The van der Waals surface area contributed by atoms with E-state index in [0.29, 0.717) is 18.9 Å². The van der Waals surface area contributed by atoms with E-state index >= 15 is 0 Å². The second-order valence-corrected chi connectivity index (χ2v) is 3.29. The summed E-state index contributed by atoms with van der Waals surface area (Å²) in [4.78, 5) is 11.1. The average Bonchev–Trinajstić information content (AvgIpc) is 2.39. The monoisotopic (exact) mass is 197 g/mol. The summed E-state index contributed by atoms with van der Waals surface area (Å²) in [6, 6.07) is 0. The quantitative estimate of drug-likeness (QED) is 0.738. The van der Waals surface area contributed by atoms with Crippen molar-refractivity contribution < 1.29 is 14.5 Å². The first-order chi connectivity index (χ1) is 6.54. The Balaban J connectivity index is 3.49. The van der Waals surface area contributed by atoms with Crippen LogP contribution in [0.1, 0.15) is 35.9 Å². The predicted octanol–water partition coefficient (Wildman–Crippen LogP) is 1.13. The fourth-order valence-electron chi connectivity index (χ4n) is 1.86. The largest absolute Gasteiger partial charge is 0.472 e. The number of imidazole rings is 1. The number of aromatic nitrogens is 2. The van der Waals surface area contributed by atoms with E-state index in [0.717, 1.165) is 11.4 Å². The molecule has 4 heteroatoms. The van der Waals surface area contributed by atoms with Crippen molar-refractivity contribution in [3.05, 3.63) is 17.2 Å². The molecule has 0 radical (unpaired) electrons. The van der Waals surface area contributed by atoms with Gasteiger partial charge in [-0.2, -0.15) is 0 Å². The summed E-state index contributed by atoms with van der Waals surface area (Å²) in [6.45, 7) is 9.22. The van der Waals surface area contributed by atoms with Crippen LogP contribution < -0.4 is 4.57 Å². The van der Waals surface area contributed by atoms with Gasteiger partial charge in [0.05, 0.1) is 13.1 Å². The zero-order chi connectivity index (χ0) is 10.9. The van der Waals surface area contributed by atoms with E-state index < -0.39 is 5.97 Å². The molecule has 0 bridgehead atoms. The Morgan fingerprint density at radius 1 is 1.43 bits per heavy atom. The van der Waals surface area contributed by atoms with Gasteiger partial charge in [0.25, 0.3) is 0 Å². The van der Waals surface area contributed by atoms with Crippen LogP contribution in [0.3, 0.4) is 0 Å². The topological polar surface area (TPSA) is 46.1 Å². The maximum Gasteiger partial charge on any atom is 0.419 e. The Morgan fingerprint density at radius 2 is 2.00 bits per heavy atom. The molecule has 1 heterocycles. The van der Waals surface area contributed by atoms with Gasteiger partial charge in [-0.25, -0.2) is 13.9 Å². The van der Waals surface area contributed by atoms with Gasteiger partial charge in [0.2, 0.25) is 0 Å². The number of carbonyl (C=O) groups is 1. The Morgan fingerprint density at radius 3 is 2.36 bits per heavy atom. The van der Waals surface area contributed by atoms with Crippen molar-refractivity contribution in [3.63, 3.8) is 0 Å². The minimum atomic E-state index is -0.857. The van der Waals surface area contributed by atoms with Gasteiger partial charge in [-0.15, -0.1) is 0 Å². The predicted molar refractivity (Wildman–Crippen MR) is 52.4 cm³/mol. The lowest BCUT2D eigenvalue weighted by Crippen LogP contribution is -2.41. The number of carboxylic acids is 1. The molecule has 1 N–H and O–H groups in total. The summed E-state index contributed by atoms with van der Waals surface area (Å²) in [5.41, 5.74) is 2.07. The van der Waals surface area contributed by atoms with Gasteiger partial charge in [-0.3, -0.25) is 0 Å². The molecule has 0 atom stereocenters. The van der Waals surface area contributed by atoms with Gasteiger partial charge in [-0.1, -0.05) is 0 Å². The van der Waals surface area contributed by atoms with E-state index in [4.69, 9.17) is 5.11 Å². The summed E-state index contributed by atoms with van der Waals surface area (Å²) in [5.74, 6) is -0.477. The lowest BCUT2D eigenvalue weighted by molar-refractivity contribution is -0.701. The summed E-state index contributed by atoms with van der Waals surface area (Å²) in [7, 11) is 0. The van der Waals surface area contributed by atoms with E-state index in [2.05, 4.69) is 0 Å². The second-order valence-electron chi connectivity index (χ2n) is 3.29. The number of aromatic carboxylic acids is 1. The van der Waals surface area contributed by atoms with Gasteiger partial charge in [0.1, 0.15) is 11.4 Å². The van der Waals surface area contributed by atoms with Crippen molar-refractivity contribution in [1.29, 1.82) is 0 Å². The number of hydrogen-bond acceptors (Lipinski definition) is 1. The van der Waals surface area contributed by atoms with Crippen LogP contribution in [-0.2, 0) is 13.1 Å². The molecule has 0 unspecified atom stereocenters. The highest BCUT2D eigenvalue weighted by molar-refractivity contribution is 5.82. The lowest BCUT2D eigenvalue weighted by Gasteiger charge is -1.96. The molecule has 0 fully saturated rings. The molecule has 1 aromatic heterocycles. The molecule has 78 valence electrons. The normalized spacial score (nSPS) is 10.6. The molecule has 14 heavy (non-hydrogen) atoms. The first kappa shape index (κ1) is 10.8. The van der Waals surface area contributed by atoms with Crippen molar-refractivity contribution in [2.45, 2.75) is 40.8 Å². The molecule has 0 saturated carbocycles. The van der Waals surface area contributed by atoms with Crippen LogP contribution in [0.5, 0.6) is 0 Å². The number of rotatable bonds is 3. The maximum atomic E-state index is 11.1. The highest BCUT2D eigenvalue weighted by atomic mass is 16.4. The maximum absolute atomic E-state index is 11.1. The van der Waals surface area contributed by atoms with Gasteiger partial charge in [0.15, 0.2) is 0 Å². The van der Waals surface area contributed by atoms with Crippen LogP contribution in [0, 0.1) is 13.8 Å². The Bertz CT molecular complexity index is 339. The van der Waals surface area contributed by atoms with Crippen LogP contribution >= 0.6 is 0 Å². The fourth-order valence-corrected chi connectivity index (χ4v) is 1.86. The van der Waals surface area contributed by atoms with Crippen LogP contribution in [-0.4, -0.2) is 15.6 Å². The van der Waals surface area contributed by atoms with Gasteiger partial charge in [0, 0.05) is 13.8 Å². The Labute approximate surface area is 83.8 Å². The average molecular weight is 197 g/mol. The molecule has 0 saturated heterocycles. The summed E-state index contributed by atoms with van der Waals surface area (Å²) in [6.07, 6.45) is 0. The van der Waals surface area contributed by atoms with Crippen LogP contribution in [0.2, 0.25) is 0 Å². The number of carboxylic acid groups (broad SMARTS) is 1. The molecule has 0 amide bonds. The third kappa shape index (κ3) is 1.41. The molecular formula is C10H17N2O2+. The molecule has 0 aliphatic carbocycles. The standard InChI is InChI=1S/C10H16N2O2/c1-5-11-7(3)8(4)12(6-2)9(11)10(13)14/h5-6H2,1-4H3/p+1. The third-order valence-electron chi connectivity index (χ3n) is 2.67. The summed E-state index contributed by atoms with van der Waals surface area (Å²) < 4.78 is 3.67. The van der Waals surface area contributed by atoms with E-state index in [1.165, 1.54) is 0 Å². The zero-order valence-corrected chi connectivity index (χ0v) is 9.16. The SMILES string of the molecule is CCn1c(C)c(C)[n+](CC)c1C(=O)O. The Kier molecular flexibility index (Phi) is 2.93. The fraction of sp³-hybridized carbons (Fsp3) is 0.600. The smallest absolute Gasteiger partial charge is 0.419 e.